The molecule has 1 aliphatic rings. The number of benzene rings is 1. The molecule has 1 aromatic carbocycles. The molecule has 1 fully saturated rings. The van der Waals surface area contributed by atoms with Gasteiger partial charge in [0.25, 0.3) is 0 Å². The van der Waals surface area contributed by atoms with E-state index in [1.165, 1.54) is 5.56 Å². The molecule has 0 bridgehead atoms. The zero-order valence-electron chi connectivity index (χ0n) is 10.0. The second kappa shape index (κ2) is 4.88. The van der Waals surface area contributed by atoms with Crippen molar-refractivity contribution in [2.45, 2.75) is 51.2 Å². The van der Waals surface area contributed by atoms with Gasteiger partial charge in [0.15, 0.2) is 0 Å². The molecule has 0 heterocycles. The van der Waals surface area contributed by atoms with Crippen molar-refractivity contribution < 1.29 is 9.84 Å². The maximum atomic E-state index is 9.44. The molecule has 0 aromatic heterocycles. The van der Waals surface area contributed by atoms with Gasteiger partial charge in [-0.3, -0.25) is 0 Å². The molecule has 1 N–H and O–H groups in total. The Kier molecular flexibility index (Phi) is 3.49. The van der Waals surface area contributed by atoms with Gasteiger partial charge in [0.1, 0.15) is 11.9 Å². The Hall–Kier alpha value is -1.02. The Bertz CT molecular complexity index is 346. The molecule has 0 amide bonds. The molecule has 2 nitrogen and oxygen atoms in total. The Balaban J connectivity index is 2.01. The number of ether oxygens (including phenoxy) is 1. The molecule has 2 atom stereocenters. The summed E-state index contributed by atoms with van der Waals surface area (Å²) in [4.78, 5) is 0. The van der Waals surface area contributed by atoms with Gasteiger partial charge in [-0.15, -0.1) is 0 Å². The Morgan fingerprint density at radius 1 is 1.31 bits per heavy atom. The molecule has 2 heteroatoms. The first-order valence-electron chi connectivity index (χ1n) is 6.10. The average Bonchev–Trinajstić information content (AvgIpc) is 2.64. The number of aliphatic hydroxyl groups is 1. The van der Waals surface area contributed by atoms with Crippen molar-refractivity contribution in [2.24, 2.45) is 0 Å². The lowest BCUT2D eigenvalue weighted by molar-refractivity contribution is 0.149. The predicted octanol–water partition coefficient (Wildman–Crippen LogP) is 3.10. The largest absolute Gasteiger partial charge is 0.490 e. The Labute approximate surface area is 97.3 Å². The van der Waals surface area contributed by atoms with E-state index in [2.05, 4.69) is 26.0 Å². The molecular weight excluding hydrogens is 200 g/mol. The molecule has 16 heavy (non-hydrogen) atoms. The van der Waals surface area contributed by atoms with Gasteiger partial charge in [-0.2, -0.15) is 0 Å². The fraction of sp³-hybridized carbons (Fsp3) is 0.571. The second-order valence-electron chi connectivity index (χ2n) is 4.93. The van der Waals surface area contributed by atoms with Crippen molar-refractivity contribution >= 4 is 0 Å². The van der Waals surface area contributed by atoms with E-state index in [4.69, 9.17) is 4.74 Å². The normalized spacial score (nSPS) is 25.0. The van der Waals surface area contributed by atoms with Crippen molar-refractivity contribution in [3.05, 3.63) is 29.8 Å². The summed E-state index contributed by atoms with van der Waals surface area (Å²) in [5, 5.41) is 9.44. The summed E-state index contributed by atoms with van der Waals surface area (Å²) < 4.78 is 5.88. The van der Waals surface area contributed by atoms with E-state index in [1.807, 2.05) is 12.1 Å². The van der Waals surface area contributed by atoms with Crippen molar-refractivity contribution in [1.29, 1.82) is 0 Å². The van der Waals surface area contributed by atoms with Crippen molar-refractivity contribution in [1.82, 2.24) is 0 Å². The summed E-state index contributed by atoms with van der Waals surface area (Å²) in [7, 11) is 0. The lowest BCUT2D eigenvalue weighted by Gasteiger charge is -2.15. The first-order chi connectivity index (χ1) is 7.65. The van der Waals surface area contributed by atoms with E-state index in [0.717, 1.165) is 25.0 Å². The first-order valence-corrected chi connectivity index (χ1v) is 6.10. The summed E-state index contributed by atoms with van der Waals surface area (Å²) in [5.74, 6) is 1.46. The van der Waals surface area contributed by atoms with Crippen molar-refractivity contribution in [2.75, 3.05) is 0 Å². The average molecular weight is 220 g/mol. The minimum atomic E-state index is -0.168. The van der Waals surface area contributed by atoms with Crippen molar-refractivity contribution in [3.63, 3.8) is 0 Å². The van der Waals surface area contributed by atoms with E-state index >= 15 is 0 Å². The van der Waals surface area contributed by atoms with Crippen molar-refractivity contribution in [3.8, 4) is 5.75 Å². The molecule has 0 spiro atoms. The zero-order chi connectivity index (χ0) is 11.5. The van der Waals surface area contributed by atoms with Gasteiger partial charge in [-0.1, -0.05) is 26.0 Å². The number of hydrogen-bond acceptors (Lipinski definition) is 2. The Morgan fingerprint density at radius 2 is 2.12 bits per heavy atom. The van der Waals surface area contributed by atoms with E-state index < -0.39 is 0 Å². The fourth-order valence-electron chi connectivity index (χ4n) is 2.16. The third-order valence-corrected chi connectivity index (χ3v) is 3.18. The minimum Gasteiger partial charge on any atom is -0.490 e. The van der Waals surface area contributed by atoms with Crippen LogP contribution in [0.1, 0.15) is 44.6 Å². The van der Waals surface area contributed by atoms with E-state index in [1.54, 1.807) is 0 Å². The van der Waals surface area contributed by atoms with Crippen LogP contribution in [0.2, 0.25) is 0 Å². The van der Waals surface area contributed by atoms with E-state index in [9.17, 15) is 5.11 Å². The van der Waals surface area contributed by atoms with Crippen LogP contribution in [0.15, 0.2) is 24.3 Å². The van der Waals surface area contributed by atoms with Gasteiger partial charge in [0.2, 0.25) is 0 Å². The lowest BCUT2D eigenvalue weighted by Crippen LogP contribution is -2.13. The van der Waals surface area contributed by atoms with Crippen LogP contribution in [0.3, 0.4) is 0 Å². The van der Waals surface area contributed by atoms with Gasteiger partial charge >= 0.3 is 0 Å². The summed E-state index contributed by atoms with van der Waals surface area (Å²) in [6.45, 7) is 4.36. The highest BCUT2D eigenvalue weighted by Crippen LogP contribution is 2.26. The van der Waals surface area contributed by atoms with Crippen LogP contribution in [0.25, 0.3) is 0 Å². The smallest absolute Gasteiger partial charge is 0.120 e. The summed E-state index contributed by atoms with van der Waals surface area (Å²) >= 11 is 0. The summed E-state index contributed by atoms with van der Waals surface area (Å²) in [6.07, 6.45) is 2.63. The first kappa shape index (κ1) is 11.5. The molecule has 1 saturated carbocycles. The quantitative estimate of drug-likeness (QED) is 0.848. The fourth-order valence-corrected chi connectivity index (χ4v) is 2.16. The van der Waals surface area contributed by atoms with Gasteiger partial charge < -0.3 is 9.84 Å². The van der Waals surface area contributed by atoms with Crippen LogP contribution in [-0.2, 0) is 0 Å². The second-order valence-corrected chi connectivity index (χ2v) is 4.93. The highest BCUT2D eigenvalue weighted by molar-refractivity contribution is 5.30. The highest BCUT2D eigenvalue weighted by Gasteiger charge is 2.24. The minimum absolute atomic E-state index is 0.168. The highest BCUT2D eigenvalue weighted by atomic mass is 16.5. The lowest BCUT2D eigenvalue weighted by atomic mass is 10.0. The maximum Gasteiger partial charge on any atom is 0.120 e. The molecule has 1 aliphatic carbocycles. The number of hydrogen-bond donors (Lipinski definition) is 1. The molecular formula is C14H20O2. The third kappa shape index (κ3) is 2.76. The van der Waals surface area contributed by atoms with E-state index in [-0.39, 0.29) is 12.2 Å². The molecule has 0 saturated heterocycles. The van der Waals surface area contributed by atoms with Crippen LogP contribution in [0, 0.1) is 0 Å². The summed E-state index contributed by atoms with van der Waals surface area (Å²) in [5.41, 5.74) is 1.30. The molecule has 0 aliphatic heterocycles. The molecule has 2 unspecified atom stereocenters. The SMILES string of the molecule is CC(C)c1cccc(OC2CCC(O)C2)c1. The van der Waals surface area contributed by atoms with Crippen LogP contribution < -0.4 is 4.74 Å². The molecule has 1 aromatic rings. The van der Waals surface area contributed by atoms with Gasteiger partial charge in [-0.25, -0.2) is 0 Å². The third-order valence-electron chi connectivity index (χ3n) is 3.18. The zero-order valence-corrected chi connectivity index (χ0v) is 10.0. The van der Waals surface area contributed by atoms with Crippen LogP contribution in [0.5, 0.6) is 5.75 Å². The van der Waals surface area contributed by atoms with Crippen LogP contribution in [-0.4, -0.2) is 17.3 Å². The van der Waals surface area contributed by atoms with Gasteiger partial charge in [0, 0.05) is 6.42 Å². The topological polar surface area (TPSA) is 29.5 Å². The standard InChI is InChI=1S/C14H20O2/c1-10(2)11-4-3-5-13(8-11)16-14-7-6-12(15)9-14/h3-5,8,10,12,14-15H,6-7,9H2,1-2H3. The number of aliphatic hydroxyl groups excluding tert-OH is 1. The Morgan fingerprint density at radius 3 is 2.75 bits per heavy atom. The van der Waals surface area contributed by atoms with Gasteiger partial charge in [-0.05, 0) is 36.5 Å². The summed E-state index contributed by atoms with van der Waals surface area (Å²) in [6, 6.07) is 8.27. The molecule has 0 radical (unpaired) electrons. The predicted molar refractivity (Wildman–Crippen MR) is 64.8 cm³/mol. The molecule has 88 valence electrons. The van der Waals surface area contributed by atoms with E-state index in [0.29, 0.717) is 5.92 Å². The molecule has 2 rings (SSSR count). The maximum absolute atomic E-state index is 9.44. The van der Waals surface area contributed by atoms with Crippen LogP contribution in [0.4, 0.5) is 0 Å². The monoisotopic (exact) mass is 220 g/mol. The van der Waals surface area contributed by atoms with Gasteiger partial charge in [0.05, 0.1) is 6.10 Å². The number of rotatable bonds is 3. The van der Waals surface area contributed by atoms with Crippen LogP contribution >= 0.6 is 0 Å².